The van der Waals surface area contributed by atoms with Crippen molar-refractivity contribution in [2.24, 2.45) is 23.7 Å². The lowest BCUT2D eigenvalue weighted by molar-refractivity contribution is -0.142. The number of esters is 2. The molecule has 2 heterocycles. The molecule has 2 aliphatic rings. The second kappa shape index (κ2) is 11.0. The molecule has 0 radical (unpaired) electrons. The molecule has 0 aromatic rings. The van der Waals surface area contributed by atoms with Crippen molar-refractivity contribution in [1.29, 1.82) is 0 Å². The first-order chi connectivity index (χ1) is 15.1. The number of allylic oxidation sites excluding steroid dienone is 4. The summed E-state index contributed by atoms with van der Waals surface area (Å²) < 4.78 is 15.8. The Morgan fingerprint density at radius 1 is 0.906 bits per heavy atom. The minimum Gasteiger partial charge on any atom is -0.462 e. The van der Waals surface area contributed by atoms with E-state index >= 15 is 0 Å². The Bertz CT molecular complexity index is 806. The van der Waals surface area contributed by atoms with E-state index in [1.807, 2.05) is 27.7 Å². The molecule has 1 amide bonds. The lowest BCUT2D eigenvalue weighted by atomic mass is 9.76. The topological polar surface area (TPSA) is 94.2 Å². The van der Waals surface area contributed by atoms with Crippen molar-refractivity contribution in [2.45, 2.75) is 41.5 Å². The molecule has 0 saturated heterocycles. The fraction of sp³-hybridized carbons (Fsp3) is 0.542. The number of nitrogens with one attached hydrogen (secondary N) is 1. The highest BCUT2D eigenvalue weighted by Crippen LogP contribution is 2.39. The van der Waals surface area contributed by atoms with Crippen molar-refractivity contribution >= 4 is 18.0 Å². The molecule has 2 rings (SSSR count). The van der Waals surface area contributed by atoms with E-state index in [9.17, 15) is 14.4 Å². The van der Waals surface area contributed by atoms with Crippen molar-refractivity contribution in [3.05, 3.63) is 47.1 Å². The third-order valence-corrected chi connectivity index (χ3v) is 5.05. The van der Waals surface area contributed by atoms with Crippen LogP contribution >= 0.6 is 0 Å². The second-order valence-corrected chi connectivity index (χ2v) is 8.80. The Kier molecular flexibility index (Phi) is 8.69. The Balaban J connectivity index is 2.45. The maximum Gasteiger partial charge on any atom is 0.417 e. The van der Waals surface area contributed by atoms with Crippen molar-refractivity contribution in [3.8, 4) is 0 Å². The standard InChI is InChI=1S/C24H34N2O6/c1-14(2)12-31-22(27)19-16(5)25-17(6)20(23(28)32-13-15(3)4)21(19)18-8-10-26(11-9-18)24(29)30-7/h8-11,14-15,18,21,25H,12-13H2,1-7H3. The quantitative estimate of drug-likeness (QED) is 0.468. The number of amides is 1. The van der Waals surface area contributed by atoms with Gasteiger partial charge in [-0.3, -0.25) is 4.90 Å². The molecule has 0 aromatic carbocycles. The summed E-state index contributed by atoms with van der Waals surface area (Å²) in [4.78, 5) is 39.3. The van der Waals surface area contributed by atoms with Gasteiger partial charge in [0.1, 0.15) is 0 Å². The third-order valence-electron chi connectivity index (χ3n) is 5.05. The smallest absolute Gasteiger partial charge is 0.417 e. The van der Waals surface area contributed by atoms with Crippen LogP contribution in [0.3, 0.4) is 0 Å². The molecule has 0 unspecified atom stereocenters. The summed E-state index contributed by atoms with van der Waals surface area (Å²) in [6.07, 6.45) is 6.12. The number of ether oxygens (including phenoxy) is 3. The highest BCUT2D eigenvalue weighted by Gasteiger charge is 2.40. The zero-order valence-corrected chi connectivity index (χ0v) is 19.9. The monoisotopic (exact) mass is 446 g/mol. The van der Waals surface area contributed by atoms with Gasteiger partial charge in [-0.2, -0.15) is 0 Å². The summed E-state index contributed by atoms with van der Waals surface area (Å²) in [6, 6.07) is 0. The van der Waals surface area contributed by atoms with Gasteiger partial charge in [-0.05, 0) is 25.7 Å². The van der Waals surface area contributed by atoms with E-state index in [0.717, 1.165) is 0 Å². The van der Waals surface area contributed by atoms with Crippen LogP contribution in [0.25, 0.3) is 0 Å². The van der Waals surface area contributed by atoms with Gasteiger partial charge in [-0.15, -0.1) is 0 Å². The Labute approximate surface area is 189 Å². The van der Waals surface area contributed by atoms with E-state index in [-0.39, 0.29) is 31.0 Å². The lowest BCUT2D eigenvalue weighted by Crippen LogP contribution is -2.37. The number of rotatable bonds is 7. The molecule has 0 fully saturated rings. The molecule has 32 heavy (non-hydrogen) atoms. The molecule has 1 N–H and O–H groups in total. The number of dihydropyridines is 1. The highest BCUT2D eigenvalue weighted by atomic mass is 16.5. The first kappa shape index (κ1) is 25.2. The molecular formula is C24H34N2O6. The van der Waals surface area contributed by atoms with Crippen molar-refractivity contribution in [2.75, 3.05) is 20.3 Å². The van der Waals surface area contributed by atoms with Gasteiger partial charge >= 0.3 is 18.0 Å². The molecular weight excluding hydrogens is 412 g/mol. The van der Waals surface area contributed by atoms with Crippen LogP contribution in [0.2, 0.25) is 0 Å². The number of carbonyl (C=O) groups excluding carboxylic acids is 3. The van der Waals surface area contributed by atoms with E-state index in [1.54, 1.807) is 38.4 Å². The van der Waals surface area contributed by atoms with E-state index in [4.69, 9.17) is 14.2 Å². The van der Waals surface area contributed by atoms with Crippen LogP contribution in [0.5, 0.6) is 0 Å². The fourth-order valence-electron chi connectivity index (χ4n) is 3.56. The summed E-state index contributed by atoms with van der Waals surface area (Å²) >= 11 is 0. The maximum absolute atomic E-state index is 13.1. The van der Waals surface area contributed by atoms with Crippen LogP contribution in [-0.4, -0.2) is 43.3 Å². The Morgan fingerprint density at radius 2 is 1.34 bits per heavy atom. The third kappa shape index (κ3) is 6.02. The van der Waals surface area contributed by atoms with Gasteiger partial charge in [0.2, 0.25) is 0 Å². The van der Waals surface area contributed by atoms with Gasteiger partial charge in [0.25, 0.3) is 0 Å². The van der Waals surface area contributed by atoms with Crippen LogP contribution in [0.15, 0.2) is 47.1 Å². The maximum atomic E-state index is 13.1. The van der Waals surface area contributed by atoms with E-state index in [0.29, 0.717) is 22.5 Å². The number of hydrogen-bond donors (Lipinski definition) is 1. The fourth-order valence-corrected chi connectivity index (χ4v) is 3.56. The first-order valence-corrected chi connectivity index (χ1v) is 10.8. The minimum atomic E-state index is -0.622. The summed E-state index contributed by atoms with van der Waals surface area (Å²) in [6.45, 7) is 11.9. The summed E-state index contributed by atoms with van der Waals surface area (Å²) in [7, 11) is 1.30. The summed E-state index contributed by atoms with van der Waals surface area (Å²) in [5.41, 5.74) is 2.00. The van der Waals surface area contributed by atoms with Crippen molar-refractivity contribution in [3.63, 3.8) is 0 Å². The van der Waals surface area contributed by atoms with E-state index in [1.165, 1.54) is 12.0 Å². The van der Waals surface area contributed by atoms with Crippen LogP contribution in [0.1, 0.15) is 41.5 Å². The minimum absolute atomic E-state index is 0.172. The largest absolute Gasteiger partial charge is 0.462 e. The van der Waals surface area contributed by atoms with Crippen LogP contribution in [0, 0.1) is 23.7 Å². The predicted octanol–water partition coefficient (Wildman–Crippen LogP) is 3.88. The van der Waals surface area contributed by atoms with Crippen molar-refractivity contribution in [1.82, 2.24) is 10.2 Å². The SMILES string of the molecule is COC(=O)N1C=CC(C2C(C(=O)OCC(C)C)=C(C)NC(C)=C2C(=O)OCC(C)C)C=C1. The van der Waals surface area contributed by atoms with Crippen LogP contribution < -0.4 is 5.32 Å². The number of carbonyl (C=O) groups is 3. The molecule has 8 nitrogen and oxygen atoms in total. The number of hydrogen-bond acceptors (Lipinski definition) is 7. The Hall–Kier alpha value is -3.03. The average molecular weight is 447 g/mol. The lowest BCUT2D eigenvalue weighted by Gasteiger charge is -2.34. The van der Waals surface area contributed by atoms with Gasteiger partial charge in [-0.25, -0.2) is 14.4 Å². The van der Waals surface area contributed by atoms with E-state index < -0.39 is 23.9 Å². The van der Waals surface area contributed by atoms with Gasteiger partial charge < -0.3 is 19.5 Å². The normalized spacial score (nSPS) is 17.2. The number of nitrogens with zero attached hydrogens (tertiary/aromatic N) is 1. The molecule has 0 atom stereocenters. The highest BCUT2D eigenvalue weighted by molar-refractivity contribution is 5.98. The zero-order valence-electron chi connectivity index (χ0n) is 19.9. The molecule has 0 aromatic heterocycles. The van der Waals surface area contributed by atoms with Gasteiger partial charge in [-0.1, -0.05) is 39.8 Å². The molecule has 2 aliphatic heterocycles. The molecule has 0 aliphatic carbocycles. The van der Waals surface area contributed by atoms with Gasteiger partial charge in [0, 0.05) is 35.6 Å². The summed E-state index contributed by atoms with van der Waals surface area (Å²) in [5.74, 6) is -1.61. The van der Waals surface area contributed by atoms with Crippen LogP contribution in [0.4, 0.5) is 4.79 Å². The molecule has 176 valence electrons. The molecule has 0 spiro atoms. The van der Waals surface area contributed by atoms with Crippen molar-refractivity contribution < 1.29 is 28.6 Å². The van der Waals surface area contributed by atoms with E-state index in [2.05, 4.69) is 5.32 Å². The molecule has 0 saturated carbocycles. The first-order valence-electron chi connectivity index (χ1n) is 10.8. The molecule has 0 bridgehead atoms. The van der Waals surface area contributed by atoms with Gasteiger partial charge in [0.05, 0.1) is 31.5 Å². The van der Waals surface area contributed by atoms with Crippen LogP contribution in [-0.2, 0) is 23.8 Å². The summed E-state index contributed by atoms with van der Waals surface area (Å²) in [5, 5.41) is 3.15. The number of methoxy groups -OCH3 is 1. The Morgan fingerprint density at radius 3 is 1.72 bits per heavy atom. The molecule has 8 heteroatoms. The zero-order chi connectivity index (χ0) is 24.0. The predicted molar refractivity (Wildman–Crippen MR) is 120 cm³/mol. The average Bonchev–Trinajstić information content (AvgIpc) is 2.74. The second-order valence-electron chi connectivity index (χ2n) is 8.80. The van der Waals surface area contributed by atoms with Gasteiger partial charge in [0.15, 0.2) is 0 Å².